The molecule has 524 valence electrons. The number of carbonyl (C=O) groups is 2. The van der Waals surface area contributed by atoms with Crippen molar-refractivity contribution in [3.63, 3.8) is 0 Å². The lowest BCUT2D eigenvalue weighted by Crippen LogP contribution is -2.72. The number of hydrogen-bond acceptors (Lipinski definition) is 6. The molecule has 8 nitrogen and oxygen atoms in total. The molecule has 0 fully saturated rings. The van der Waals surface area contributed by atoms with Gasteiger partial charge in [0.05, 0.1) is 11.4 Å². The van der Waals surface area contributed by atoms with Gasteiger partial charge in [-0.1, -0.05) is 12.1 Å². The zero-order chi connectivity index (χ0) is 72.9. The molecule has 0 atom stereocenters. The number of carbonyl (C=O) groups excluding carboxylic acids is 2. The smallest absolute Gasteiger partial charge is 0.444 e. The Balaban J connectivity index is 3.24. The number of hydrogen-bond donors (Lipinski definition) is 2. The van der Waals surface area contributed by atoms with E-state index in [0.29, 0.717) is 0 Å². The second-order valence-corrected chi connectivity index (χ2v) is 19.7. The highest BCUT2D eigenvalue weighted by atomic mass is 19.5. The average Bonchev–Trinajstić information content (AvgIpc) is 0.716. The van der Waals surface area contributed by atoms with E-state index in [2.05, 4.69) is 18.9 Å². The molecule has 2 N–H and O–H groups in total. The number of amides is 2. The van der Waals surface area contributed by atoms with Gasteiger partial charge in [-0.3, -0.25) is 10.6 Å². The average molecular weight is 1430 g/mol. The van der Waals surface area contributed by atoms with Gasteiger partial charge in [0.15, 0.2) is 11.5 Å². The van der Waals surface area contributed by atoms with Gasteiger partial charge in [-0.2, -0.15) is 176 Å². The minimum atomic E-state index is -9.17. The summed E-state index contributed by atoms with van der Waals surface area (Å²) in [6.45, 7) is 4.79. The number of nitrogens with one attached hydrogen (secondary N) is 2. The lowest BCUT2D eigenvalue weighted by molar-refractivity contribution is -0.451. The van der Waals surface area contributed by atoms with Crippen molar-refractivity contribution in [2.75, 3.05) is 10.6 Å². The van der Waals surface area contributed by atoms with Crippen molar-refractivity contribution < 1.29 is 204 Å². The van der Waals surface area contributed by atoms with E-state index in [1.54, 1.807) is 0 Å². The number of benzene rings is 2. The first-order chi connectivity index (χ1) is 39.5. The van der Waals surface area contributed by atoms with Gasteiger partial charge in [-0.15, -0.1) is 0 Å². The molecule has 0 aliphatic carbocycles. The highest BCUT2D eigenvalue weighted by molar-refractivity contribution is 5.88. The van der Waals surface area contributed by atoms with Crippen LogP contribution in [0.4, 0.5) is 197 Å². The van der Waals surface area contributed by atoms with Crippen LogP contribution in [0.5, 0.6) is 11.5 Å². The molecular formula is C43H26F40N2O6. The summed E-state index contributed by atoms with van der Waals surface area (Å²) in [7, 11) is 0. The van der Waals surface area contributed by atoms with E-state index in [0.717, 1.165) is 52.2 Å². The molecule has 48 heteroatoms. The summed E-state index contributed by atoms with van der Waals surface area (Å²) in [6.07, 6.45) is -35.8. The van der Waals surface area contributed by atoms with Gasteiger partial charge < -0.3 is 18.9 Å². The number of allylic oxidation sites excluding steroid dienone is 2. The van der Waals surface area contributed by atoms with Crippen LogP contribution in [-0.4, -0.2) is 119 Å². The molecule has 0 saturated carbocycles. The molecule has 0 bridgehead atoms. The maximum Gasteiger partial charge on any atom is 0.460 e. The molecule has 0 aliphatic rings. The molecule has 91 heavy (non-hydrogen) atoms. The Morgan fingerprint density at radius 1 is 0.319 bits per heavy atom. The predicted octanol–water partition coefficient (Wildman–Crippen LogP) is 19.5. The minimum absolute atomic E-state index is 0.798. The molecule has 0 unspecified atom stereocenters. The Bertz CT molecular complexity index is 2880. The number of halogens is 40. The van der Waals surface area contributed by atoms with E-state index in [9.17, 15) is 150 Å². The third kappa shape index (κ3) is 13.3. The van der Waals surface area contributed by atoms with Crippen LogP contribution in [0.1, 0.15) is 52.7 Å². The zero-order valence-electron chi connectivity index (χ0n) is 43.5. The van der Waals surface area contributed by atoms with Crippen LogP contribution >= 0.6 is 0 Å². The molecule has 0 spiro atoms. The Morgan fingerprint density at radius 2 is 0.538 bits per heavy atom. The van der Waals surface area contributed by atoms with Crippen molar-refractivity contribution in [3.05, 3.63) is 71.2 Å². The summed E-state index contributed by atoms with van der Waals surface area (Å²) in [5.41, 5.74) is -20.7. The Kier molecular flexibility index (Phi) is 20.6. The van der Waals surface area contributed by atoms with E-state index >= 15 is 35.1 Å². The topological polar surface area (TPSA) is 95.1 Å². The third-order valence-corrected chi connectivity index (χ3v) is 10.9. The predicted molar refractivity (Wildman–Crippen MR) is 217 cm³/mol. The van der Waals surface area contributed by atoms with Crippen LogP contribution in [0.15, 0.2) is 60.1 Å². The van der Waals surface area contributed by atoms with Gasteiger partial charge in [0, 0.05) is 0 Å². The monoisotopic (exact) mass is 1430 g/mol. The lowest BCUT2D eigenvalue weighted by Gasteiger charge is -2.41. The molecule has 2 aromatic rings. The Labute approximate surface area is 475 Å². The molecule has 2 rings (SSSR count). The van der Waals surface area contributed by atoms with Crippen LogP contribution < -0.4 is 20.1 Å². The van der Waals surface area contributed by atoms with Gasteiger partial charge >= 0.3 is 120 Å². The van der Waals surface area contributed by atoms with Crippen molar-refractivity contribution in [3.8, 4) is 11.5 Å². The molecule has 2 amide bonds. The van der Waals surface area contributed by atoms with Crippen LogP contribution in [0.3, 0.4) is 0 Å². The summed E-state index contributed by atoms with van der Waals surface area (Å²) in [4.78, 5) is 25.4. The zero-order valence-corrected chi connectivity index (χ0v) is 43.5. The Morgan fingerprint density at radius 3 is 0.747 bits per heavy atom. The van der Waals surface area contributed by atoms with Gasteiger partial charge in [-0.05, 0) is 76.9 Å². The van der Waals surface area contributed by atoms with Crippen LogP contribution in [-0.2, 0) is 14.9 Å². The second-order valence-electron chi connectivity index (χ2n) is 19.7. The molecular weight excluding hydrogens is 1400 g/mol. The van der Waals surface area contributed by atoms with Crippen LogP contribution in [0.2, 0.25) is 0 Å². The summed E-state index contributed by atoms with van der Waals surface area (Å²) in [5.74, 6) is -122. The quantitative estimate of drug-likeness (QED) is 0.101. The lowest BCUT2D eigenvalue weighted by atomic mass is 9.72. The van der Waals surface area contributed by atoms with Crippen molar-refractivity contribution in [1.82, 2.24) is 0 Å². The Hall–Kier alpha value is -6.74. The van der Waals surface area contributed by atoms with Gasteiger partial charge in [-0.25, -0.2) is 9.59 Å². The van der Waals surface area contributed by atoms with Crippen molar-refractivity contribution in [2.24, 2.45) is 0 Å². The third-order valence-electron chi connectivity index (χ3n) is 10.9. The van der Waals surface area contributed by atoms with Crippen molar-refractivity contribution in [2.45, 2.75) is 154 Å². The summed E-state index contributed by atoms with van der Waals surface area (Å²) >= 11 is 0. The summed E-state index contributed by atoms with van der Waals surface area (Å²) in [5, 5.41) is 1.93. The van der Waals surface area contributed by atoms with E-state index in [-0.39, 0.29) is 0 Å². The minimum Gasteiger partial charge on any atom is -0.444 e. The van der Waals surface area contributed by atoms with E-state index in [1.807, 2.05) is 0 Å². The van der Waals surface area contributed by atoms with Crippen LogP contribution in [0.25, 0.3) is 0 Å². The first-order valence-electron chi connectivity index (χ1n) is 22.1. The van der Waals surface area contributed by atoms with Crippen molar-refractivity contribution in [1.29, 1.82) is 0 Å². The maximum atomic E-state index is 15.5. The molecule has 2 aromatic carbocycles. The maximum absolute atomic E-state index is 15.5. The SMILES string of the molecule is CC(C)(C)OC(=O)Nc1cc(C(c2ccc(OC(F)=C(F)C(F)(F)C(F)(F)C(F)(F)C(F)(F)C(F)(F)C(F)(F)C(F)(F)F)c(NC(=O)OC(C)(C)C)c2)(C(F)(F)F)C(F)(F)F)ccc1OC(F)=C(F)C(F)(F)C(F)(F)C(F)(F)C(F)(F)C(F)(F)C(F)(F)C(F)(F)F. The fourth-order valence-corrected chi connectivity index (χ4v) is 6.45. The van der Waals surface area contributed by atoms with E-state index in [1.165, 1.54) is 0 Å². The van der Waals surface area contributed by atoms with Gasteiger partial charge in [0.1, 0.15) is 11.2 Å². The fourth-order valence-electron chi connectivity index (χ4n) is 6.45. The second kappa shape index (κ2) is 23.4. The van der Waals surface area contributed by atoms with Crippen LogP contribution in [0, 0.1) is 0 Å². The molecule has 0 heterocycles. The largest absolute Gasteiger partial charge is 0.460 e. The number of alkyl halides is 36. The standard InChI is InChI=1S/C43H26F40N2O6/c1-25(2,3)90-23(86)84-15-11-13(7-9-17(15)88-21(46)19(44)28(48,49)30(52,53)32(56,57)34(60,61)36(64,65)38(68,69)42(78,79)80)27(40(72,73)74,41(75,76)77)14-8-10-18(16(12-14)85-24(87)91-26(4,5)6)89-22(47)20(45)29(50,51)31(54,55)33(58,59)35(62,63)37(66,67)39(70,71)43(81,82)83/h7-12H,1-6H3,(H,84,86)(H,85,87). The van der Waals surface area contributed by atoms with Gasteiger partial charge in [0.25, 0.3) is 0 Å². The molecule has 0 aromatic heterocycles. The molecule has 0 radical (unpaired) electrons. The first kappa shape index (κ1) is 80.4. The number of anilines is 2. The fraction of sp³-hybridized carbons (Fsp3) is 0.581. The van der Waals surface area contributed by atoms with E-state index in [4.69, 9.17) is 0 Å². The molecule has 0 saturated heterocycles. The number of ether oxygens (including phenoxy) is 4. The first-order valence-corrected chi connectivity index (χ1v) is 22.1. The van der Waals surface area contributed by atoms with Crippen molar-refractivity contribution >= 4 is 23.6 Å². The normalized spacial score (nSPS) is 15.8. The van der Waals surface area contributed by atoms with Gasteiger partial charge in [0.2, 0.25) is 17.1 Å². The highest BCUT2D eigenvalue weighted by Crippen LogP contribution is 2.66. The highest BCUT2D eigenvalue weighted by Gasteiger charge is 2.95. The number of rotatable bonds is 20. The van der Waals surface area contributed by atoms with E-state index < -0.39 is 219 Å². The molecule has 0 aliphatic heterocycles. The summed E-state index contributed by atoms with van der Waals surface area (Å²) in [6, 6.07) is -14.5. The summed E-state index contributed by atoms with van der Waals surface area (Å²) < 4.78 is 582.